The molecule has 108 valence electrons. The Morgan fingerprint density at radius 3 is 2.56 bits per heavy atom. The van der Waals surface area contributed by atoms with Crippen LogP contribution in [0.2, 0.25) is 0 Å². The second kappa shape index (κ2) is 7.46. The molecule has 18 heavy (non-hydrogen) atoms. The first kappa shape index (κ1) is 15.9. The summed E-state index contributed by atoms with van der Waals surface area (Å²) < 4.78 is 27.9. The molecule has 0 aliphatic heterocycles. The van der Waals surface area contributed by atoms with E-state index in [9.17, 15) is 8.42 Å². The maximum atomic E-state index is 11.5. The summed E-state index contributed by atoms with van der Waals surface area (Å²) in [6, 6.07) is 0. The highest BCUT2D eigenvalue weighted by atomic mass is 32.2. The van der Waals surface area contributed by atoms with Crippen molar-refractivity contribution < 1.29 is 13.2 Å². The fourth-order valence-corrected chi connectivity index (χ4v) is 3.40. The molecule has 0 heterocycles. The van der Waals surface area contributed by atoms with Crippen LogP contribution in [0.5, 0.6) is 0 Å². The summed E-state index contributed by atoms with van der Waals surface area (Å²) >= 11 is 0. The second-order valence-corrected chi connectivity index (χ2v) is 7.84. The number of hydrogen-bond donors (Lipinski definition) is 1. The van der Waals surface area contributed by atoms with Gasteiger partial charge < -0.3 is 10.1 Å². The Morgan fingerprint density at radius 2 is 2.06 bits per heavy atom. The quantitative estimate of drug-likeness (QED) is 0.616. The number of ether oxygens (including phenoxy) is 1. The number of sulfone groups is 1. The third-order valence-electron chi connectivity index (χ3n) is 4.00. The number of hydrogen-bond acceptors (Lipinski definition) is 4. The smallest absolute Gasteiger partial charge is 0.150 e. The van der Waals surface area contributed by atoms with Crippen molar-refractivity contribution in [2.24, 2.45) is 5.41 Å². The molecule has 0 atom stereocenters. The van der Waals surface area contributed by atoms with Crippen LogP contribution in [0.1, 0.15) is 39.0 Å². The van der Waals surface area contributed by atoms with Gasteiger partial charge in [0.05, 0.1) is 12.4 Å². The Balaban J connectivity index is 2.24. The van der Waals surface area contributed by atoms with Crippen LogP contribution in [-0.2, 0) is 14.6 Å². The van der Waals surface area contributed by atoms with Gasteiger partial charge in [0.2, 0.25) is 0 Å². The zero-order valence-corrected chi connectivity index (χ0v) is 12.5. The fourth-order valence-electron chi connectivity index (χ4n) is 2.53. The summed E-state index contributed by atoms with van der Waals surface area (Å²) in [6.45, 7) is 4.34. The lowest BCUT2D eigenvalue weighted by molar-refractivity contribution is 0.110. The molecule has 1 saturated carbocycles. The molecule has 1 rings (SSSR count). The normalized spacial score (nSPS) is 18.6. The van der Waals surface area contributed by atoms with Gasteiger partial charge >= 0.3 is 0 Å². The lowest BCUT2D eigenvalue weighted by atomic mass is 9.66. The van der Waals surface area contributed by atoms with Crippen molar-refractivity contribution in [3.63, 3.8) is 0 Å². The van der Waals surface area contributed by atoms with Crippen LogP contribution in [0.4, 0.5) is 0 Å². The van der Waals surface area contributed by atoms with E-state index >= 15 is 0 Å². The second-order valence-electron chi connectivity index (χ2n) is 5.36. The summed E-state index contributed by atoms with van der Waals surface area (Å²) in [5.41, 5.74) is 0.358. The Hall–Kier alpha value is -0.130. The van der Waals surface area contributed by atoms with Gasteiger partial charge in [-0.05, 0) is 31.1 Å². The fraction of sp³-hybridized carbons (Fsp3) is 1.00. The molecule has 0 radical (unpaired) electrons. The van der Waals surface area contributed by atoms with Crippen molar-refractivity contribution in [3.05, 3.63) is 0 Å². The average Bonchev–Trinajstić information content (AvgIpc) is 2.30. The van der Waals surface area contributed by atoms with Gasteiger partial charge in [0.25, 0.3) is 0 Å². The van der Waals surface area contributed by atoms with Crippen LogP contribution in [0.15, 0.2) is 0 Å². The van der Waals surface area contributed by atoms with Gasteiger partial charge in [-0.2, -0.15) is 0 Å². The van der Waals surface area contributed by atoms with E-state index in [0.717, 1.165) is 32.5 Å². The molecule has 5 heteroatoms. The van der Waals surface area contributed by atoms with Crippen LogP contribution in [0.25, 0.3) is 0 Å². The van der Waals surface area contributed by atoms with E-state index in [1.54, 1.807) is 14.0 Å². The first-order valence-corrected chi connectivity index (χ1v) is 8.76. The molecule has 0 unspecified atom stereocenters. The van der Waals surface area contributed by atoms with Crippen LogP contribution < -0.4 is 5.32 Å². The van der Waals surface area contributed by atoms with Crippen molar-refractivity contribution >= 4 is 9.84 Å². The SMILES string of the molecule is CCS(=O)(=O)CCCC1(CNCCOC)CCC1. The summed E-state index contributed by atoms with van der Waals surface area (Å²) in [5, 5.41) is 3.42. The Kier molecular flexibility index (Phi) is 6.60. The van der Waals surface area contributed by atoms with Gasteiger partial charge in [-0.25, -0.2) is 8.42 Å². The molecule has 0 aromatic carbocycles. The first-order valence-electron chi connectivity index (χ1n) is 6.94. The lowest BCUT2D eigenvalue weighted by Crippen LogP contribution is -2.41. The molecule has 0 amide bonds. The van der Waals surface area contributed by atoms with Crippen molar-refractivity contribution in [3.8, 4) is 0 Å². The topological polar surface area (TPSA) is 55.4 Å². The minimum Gasteiger partial charge on any atom is -0.383 e. The molecule has 0 aromatic heterocycles. The van der Waals surface area contributed by atoms with E-state index in [0.29, 0.717) is 11.2 Å². The van der Waals surface area contributed by atoms with E-state index in [1.165, 1.54) is 19.3 Å². The molecule has 0 spiro atoms. The van der Waals surface area contributed by atoms with E-state index < -0.39 is 9.84 Å². The molecule has 1 N–H and O–H groups in total. The summed E-state index contributed by atoms with van der Waals surface area (Å²) in [5.74, 6) is 0.620. The van der Waals surface area contributed by atoms with Crippen LogP contribution in [0, 0.1) is 5.41 Å². The maximum absolute atomic E-state index is 11.5. The zero-order chi connectivity index (χ0) is 13.5. The van der Waals surface area contributed by atoms with Gasteiger partial charge in [0.1, 0.15) is 9.84 Å². The lowest BCUT2D eigenvalue weighted by Gasteiger charge is -2.42. The van der Waals surface area contributed by atoms with E-state index in [2.05, 4.69) is 5.32 Å². The van der Waals surface area contributed by atoms with E-state index in [-0.39, 0.29) is 5.75 Å². The molecular formula is C13H27NO3S. The first-order chi connectivity index (χ1) is 8.54. The van der Waals surface area contributed by atoms with Crippen molar-refractivity contribution in [2.75, 3.05) is 38.3 Å². The highest BCUT2D eigenvalue weighted by molar-refractivity contribution is 7.91. The molecule has 1 fully saturated rings. The maximum Gasteiger partial charge on any atom is 0.150 e. The van der Waals surface area contributed by atoms with E-state index in [4.69, 9.17) is 4.74 Å². The predicted molar refractivity (Wildman–Crippen MR) is 74.6 cm³/mol. The highest BCUT2D eigenvalue weighted by Crippen LogP contribution is 2.44. The largest absolute Gasteiger partial charge is 0.383 e. The van der Waals surface area contributed by atoms with Gasteiger partial charge in [-0.15, -0.1) is 0 Å². The van der Waals surface area contributed by atoms with Gasteiger partial charge in [-0.3, -0.25) is 0 Å². The molecule has 1 aliphatic carbocycles. The van der Waals surface area contributed by atoms with Gasteiger partial charge in [-0.1, -0.05) is 13.3 Å². The number of methoxy groups -OCH3 is 1. The Bertz CT molecular complexity index is 323. The summed E-state index contributed by atoms with van der Waals surface area (Å²) in [6.07, 6.45) is 5.60. The Morgan fingerprint density at radius 1 is 1.33 bits per heavy atom. The van der Waals surface area contributed by atoms with Gasteiger partial charge in [0.15, 0.2) is 0 Å². The highest BCUT2D eigenvalue weighted by Gasteiger charge is 2.35. The third-order valence-corrected chi connectivity index (χ3v) is 5.79. The van der Waals surface area contributed by atoms with Crippen LogP contribution in [-0.4, -0.2) is 46.7 Å². The predicted octanol–water partition coefficient (Wildman–Crippen LogP) is 1.61. The standard InChI is InChI=1S/C13H27NO3S/c1-3-18(15,16)11-5-8-13(6-4-7-13)12-14-9-10-17-2/h14H,3-12H2,1-2H3. The summed E-state index contributed by atoms with van der Waals surface area (Å²) in [4.78, 5) is 0. The summed E-state index contributed by atoms with van der Waals surface area (Å²) in [7, 11) is -1.09. The minimum atomic E-state index is -2.80. The van der Waals surface area contributed by atoms with Crippen molar-refractivity contribution in [1.82, 2.24) is 5.32 Å². The molecule has 0 bridgehead atoms. The molecular weight excluding hydrogens is 250 g/mol. The van der Waals surface area contributed by atoms with Crippen LogP contribution in [0.3, 0.4) is 0 Å². The van der Waals surface area contributed by atoms with Gasteiger partial charge in [0, 0.05) is 26.0 Å². The zero-order valence-electron chi connectivity index (χ0n) is 11.7. The van der Waals surface area contributed by atoms with Crippen molar-refractivity contribution in [2.45, 2.75) is 39.0 Å². The Labute approximate surface area is 111 Å². The third kappa shape index (κ3) is 5.24. The van der Waals surface area contributed by atoms with E-state index in [1.807, 2.05) is 0 Å². The molecule has 0 aromatic rings. The number of nitrogens with one attached hydrogen (secondary N) is 1. The molecule has 0 saturated heterocycles. The monoisotopic (exact) mass is 277 g/mol. The molecule has 1 aliphatic rings. The molecule has 4 nitrogen and oxygen atoms in total. The number of rotatable bonds is 10. The van der Waals surface area contributed by atoms with Crippen molar-refractivity contribution in [1.29, 1.82) is 0 Å². The minimum absolute atomic E-state index is 0.270. The van der Waals surface area contributed by atoms with Crippen LogP contribution >= 0.6 is 0 Å². The average molecular weight is 277 g/mol.